The van der Waals surface area contributed by atoms with Crippen molar-refractivity contribution in [3.8, 4) is 21.9 Å². The number of ether oxygens (including phenoxy) is 2. The number of thiophene rings is 1. The van der Waals surface area contributed by atoms with Crippen LogP contribution in [0.3, 0.4) is 0 Å². The van der Waals surface area contributed by atoms with Crippen LogP contribution >= 0.6 is 11.3 Å². The Morgan fingerprint density at radius 3 is 2.28 bits per heavy atom. The number of rotatable bonds is 6. The van der Waals surface area contributed by atoms with Crippen molar-refractivity contribution in [2.45, 2.75) is 6.54 Å². The maximum atomic E-state index is 12.4. The van der Waals surface area contributed by atoms with Gasteiger partial charge in [-0.2, -0.15) is 0 Å². The van der Waals surface area contributed by atoms with Crippen LogP contribution in [0, 0.1) is 0 Å². The van der Waals surface area contributed by atoms with Crippen molar-refractivity contribution in [2.24, 2.45) is 0 Å². The van der Waals surface area contributed by atoms with E-state index >= 15 is 0 Å². The lowest BCUT2D eigenvalue weighted by atomic mass is 10.2. The maximum absolute atomic E-state index is 12.4. The Morgan fingerprint density at radius 1 is 0.960 bits per heavy atom. The van der Waals surface area contributed by atoms with Crippen molar-refractivity contribution in [1.82, 2.24) is 5.32 Å². The van der Waals surface area contributed by atoms with Gasteiger partial charge in [-0.25, -0.2) is 0 Å². The predicted molar refractivity (Wildman–Crippen MR) is 100 cm³/mol. The Kier molecular flexibility index (Phi) is 5.36. The first-order valence-corrected chi connectivity index (χ1v) is 8.66. The average Bonchev–Trinajstić information content (AvgIpc) is 3.15. The largest absolute Gasteiger partial charge is 0.497 e. The van der Waals surface area contributed by atoms with Gasteiger partial charge in [0.25, 0.3) is 5.91 Å². The minimum atomic E-state index is -0.160. The summed E-state index contributed by atoms with van der Waals surface area (Å²) in [5.41, 5.74) is 1.69. The standard InChI is InChI=1S/C20H19NO3S/c1-23-16-10-15(11-17(12-16)24-2)20(22)21-13-18-8-9-19(25-18)14-6-4-3-5-7-14/h3-12H,13H2,1-2H3,(H,21,22). The molecule has 0 fully saturated rings. The van der Waals surface area contributed by atoms with Crippen LogP contribution in [0.1, 0.15) is 15.2 Å². The highest BCUT2D eigenvalue weighted by molar-refractivity contribution is 7.15. The second-order valence-electron chi connectivity index (χ2n) is 5.42. The van der Waals surface area contributed by atoms with E-state index in [1.807, 2.05) is 24.3 Å². The van der Waals surface area contributed by atoms with Crippen molar-refractivity contribution in [1.29, 1.82) is 0 Å². The average molecular weight is 353 g/mol. The molecular weight excluding hydrogens is 334 g/mol. The molecule has 3 aromatic rings. The first-order valence-electron chi connectivity index (χ1n) is 7.85. The highest BCUT2D eigenvalue weighted by atomic mass is 32.1. The molecule has 5 heteroatoms. The summed E-state index contributed by atoms with van der Waals surface area (Å²) < 4.78 is 10.4. The van der Waals surface area contributed by atoms with Gasteiger partial charge in [-0.3, -0.25) is 4.79 Å². The molecule has 0 aliphatic heterocycles. The molecule has 0 bridgehead atoms. The molecule has 128 valence electrons. The fraction of sp³-hybridized carbons (Fsp3) is 0.150. The number of nitrogens with one attached hydrogen (secondary N) is 1. The molecule has 25 heavy (non-hydrogen) atoms. The second-order valence-corrected chi connectivity index (χ2v) is 6.58. The summed E-state index contributed by atoms with van der Waals surface area (Å²) in [6.07, 6.45) is 0. The molecule has 4 nitrogen and oxygen atoms in total. The molecule has 1 heterocycles. The van der Waals surface area contributed by atoms with Crippen molar-refractivity contribution in [2.75, 3.05) is 14.2 Å². The number of hydrogen-bond donors (Lipinski definition) is 1. The first-order chi connectivity index (χ1) is 12.2. The number of hydrogen-bond acceptors (Lipinski definition) is 4. The predicted octanol–water partition coefficient (Wildman–Crippen LogP) is 4.36. The number of amides is 1. The normalized spacial score (nSPS) is 10.3. The summed E-state index contributed by atoms with van der Waals surface area (Å²) in [5, 5.41) is 2.94. The van der Waals surface area contributed by atoms with Crippen LogP contribution in [-0.2, 0) is 6.54 Å². The maximum Gasteiger partial charge on any atom is 0.251 e. The Morgan fingerprint density at radius 2 is 1.64 bits per heavy atom. The van der Waals surface area contributed by atoms with E-state index in [-0.39, 0.29) is 5.91 Å². The fourth-order valence-corrected chi connectivity index (χ4v) is 3.39. The minimum absolute atomic E-state index is 0.160. The summed E-state index contributed by atoms with van der Waals surface area (Å²) in [6.45, 7) is 0.482. The van der Waals surface area contributed by atoms with Crippen molar-refractivity contribution < 1.29 is 14.3 Å². The van der Waals surface area contributed by atoms with E-state index in [0.29, 0.717) is 23.6 Å². The van der Waals surface area contributed by atoms with E-state index in [2.05, 4.69) is 23.5 Å². The van der Waals surface area contributed by atoms with Crippen molar-refractivity contribution in [3.63, 3.8) is 0 Å². The number of methoxy groups -OCH3 is 2. The quantitative estimate of drug-likeness (QED) is 0.716. The molecule has 3 rings (SSSR count). The number of carbonyl (C=O) groups excluding carboxylic acids is 1. The van der Waals surface area contributed by atoms with Gasteiger partial charge in [0, 0.05) is 21.4 Å². The highest BCUT2D eigenvalue weighted by Crippen LogP contribution is 2.28. The van der Waals surface area contributed by atoms with Crippen LogP contribution in [0.2, 0.25) is 0 Å². The lowest BCUT2D eigenvalue weighted by molar-refractivity contribution is 0.0950. The van der Waals surface area contributed by atoms with Gasteiger partial charge in [0.1, 0.15) is 11.5 Å². The molecule has 0 radical (unpaired) electrons. The highest BCUT2D eigenvalue weighted by Gasteiger charge is 2.10. The SMILES string of the molecule is COc1cc(OC)cc(C(=O)NCc2ccc(-c3ccccc3)s2)c1. The lowest BCUT2D eigenvalue weighted by Crippen LogP contribution is -2.22. The topological polar surface area (TPSA) is 47.6 Å². The Labute approximate surface area is 151 Å². The zero-order chi connectivity index (χ0) is 17.6. The number of benzene rings is 2. The number of carbonyl (C=O) groups is 1. The van der Waals surface area contributed by atoms with Crippen LogP contribution < -0.4 is 14.8 Å². The smallest absolute Gasteiger partial charge is 0.251 e. The minimum Gasteiger partial charge on any atom is -0.497 e. The van der Waals surface area contributed by atoms with Crippen LogP contribution in [0.4, 0.5) is 0 Å². The summed E-state index contributed by atoms with van der Waals surface area (Å²) in [5.74, 6) is 1.02. The van der Waals surface area contributed by atoms with Crippen LogP contribution in [0.15, 0.2) is 60.7 Å². The van der Waals surface area contributed by atoms with Crippen molar-refractivity contribution >= 4 is 17.2 Å². The molecular formula is C20H19NO3S. The van der Waals surface area contributed by atoms with Crippen LogP contribution in [0.5, 0.6) is 11.5 Å². The van der Waals surface area contributed by atoms with Gasteiger partial charge in [-0.1, -0.05) is 30.3 Å². The van der Waals surface area contributed by atoms with Gasteiger partial charge in [0.15, 0.2) is 0 Å². The van der Waals surface area contributed by atoms with E-state index in [1.54, 1.807) is 43.8 Å². The second kappa shape index (κ2) is 7.85. The van der Waals surface area contributed by atoms with Crippen molar-refractivity contribution in [3.05, 3.63) is 71.1 Å². The van der Waals surface area contributed by atoms with E-state index in [4.69, 9.17) is 9.47 Å². The molecule has 0 aliphatic rings. The van der Waals surface area contributed by atoms with Gasteiger partial charge < -0.3 is 14.8 Å². The molecule has 0 aliphatic carbocycles. The molecule has 1 amide bonds. The molecule has 0 saturated carbocycles. The Bertz CT molecular complexity index is 836. The van der Waals surface area contributed by atoms with Gasteiger partial charge in [-0.05, 0) is 29.8 Å². The third-order valence-electron chi connectivity index (χ3n) is 3.76. The van der Waals surface area contributed by atoms with E-state index in [9.17, 15) is 4.79 Å². The molecule has 1 N–H and O–H groups in total. The summed E-state index contributed by atoms with van der Waals surface area (Å²) in [4.78, 5) is 14.7. The summed E-state index contributed by atoms with van der Waals surface area (Å²) >= 11 is 1.67. The van der Waals surface area contributed by atoms with Gasteiger partial charge in [0.05, 0.1) is 20.8 Å². The molecule has 0 spiro atoms. The summed E-state index contributed by atoms with van der Waals surface area (Å²) in [6, 6.07) is 19.5. The van der Waals surface area contributed by atoms with Gasteiger partial charge in [0.2, 0.25) is 0 Å². The van der Waals surface area contributed by atoms with Gasteiger partial charge >= 0.3 is 0 Å². The first kappa shape index (κ1) is 17.0. The molecule has 0 atom stereocenters. The van der Waals surface area contributed by atoms with Gasteiger partial charge in [-0.15, -0.1) is 11.3 Å². The van der Waals surface area contributed by atoms with Crippen LogP contribution in [0.25, 0.3) is 10.4 Å². The third kappa shape index (κ3) is 4.19. The van der Waals surface area contributed by atoms with E-state index < -0.39 is 0 Å². The zero-order valence-electron chi connectivity index (χ0n) is 14.1. The molecule has 1 aromatic heterocycles. The molecule has 0 saturated heterocycles. The fourth-order valence-electron chi connectivity index (χ4n) is 2.44. The van der Waals surface area contributed by atoms with Crippen LogP contribution in [-0.4, -0.2) is 20.1 Å². The monoisotopic (exact) mass is 353 g/mol. The molecule has 2 aromatic carbocycles. The van der Waals surface area contributed by atoms with E-state index in [1.165, 1.54) is 10.4 Å². The Hall–Kier alpha value is -2.79. The lowest BCUT2D eigenvalue weighted by Gasteiger charge is -2.08. The zero-order valence-corrected chi connectivity index (χ0v) is 14.9. The summed E-state index contributed by atoms with van der Waals surface area (Å²) in [7, 11) is 3.13. The third-order valence-corrected chi connectivity index (χ3v) is 4.89. The molecule has 0 unspecified atom stereocenters. The van der Waals surface area contributed by atoms with E-state index in [0.717, 1.165) is 4.88 Å². The Balaban J connectivity index is 1.68.